The molecule has 0 aromatic heterocycles. The molecule has 1 aromatic rings. The molecule has 2 heterocycles. The highest BCUT2D eigenvalue weighted by atomic mass is 16.5. The van der Waals surface area contributed by atoms with Crippen molar-refractivity contribution in [3.63, 3.8) is 0 Å². The molecule has 2 aliphatic heterocycles. The van der Waals surface area contributed by atoms with Crippen molar-refractivity contribution in [3.8, 4) is 5.75 Å². The zero-order valence-electron chi connectivity index (χ0n) is 13.1. The van der Waals surface area contributed by atoms with Crippen molar-refractivity contribution >= 4 is 5.78 Å². The maximum Gasteiger partial charge on any atom is 0.172 e. The Bertz CT molecular complexity index is 530. The third kappa shape index (κ3) is 2.71. The molecule has 0 amide bonds. The Kier molecular flexibility index (Phi) is 4.03. The van der Waals surface area contributed by atoms with Crippen molar-refractivity contribution in [2.45, 2.75) is 39.5 Å². The Morgan fingerprint density at radius 1 is 1.33 bits per heavy atom. The van der Waals surface area contributed by atoms with Gasteiger partial charge in [0.1, 0.15) is 5.75 Å². The van der Waals surface area contributed by atoms with Crippen molar-refractivity contribution in [2.75, 3.05) is 19.7 Å². The monoisotopic (exact) mass is 287 g/mol. The number of carbonyl (C=O) groups excluding carboxylic acids is 1. The molecule has 0 spiro atoms. The van der Waals surface area contributed by atoms with E-state index in [2.05, 4.69) is 25.2 Å². The van der Waals surface area contributed by atoms with E-state index < -0.39 is 0 Å². The second kappa shape index (κ2) is 5.80. The van der Waals surface area contributed by atoms with Gasteiger partial charge in [-0.3, -0.25) is 4.79 Å². The number of hydrogen-bond donors (Lipinski definition) is 1. The van der Waals surface area contributed by atoms with Crippen LogP contribution in [0.15, 0.2) is 18.2 Å². The summed E-state index contributed by atoms with van der Waals surface area (Å²) in [6.07, 6.45) is 4.34. The minimum atomic E-state index is -0.344. The molecule has 21 heavy (non-hydrogen) atoms. The van der Waals surface area contributed by atoms with E-state index in [1.807, 2.05) is 12.1 Å². The Labute approximate surface area is 127 Å². The molecular weight excluding hydrogens is 262 g/mol. The number of benzene rings is 1. The van der Waals surface area contributed by atoms with Gasteiger partial charge in [-0.05, 0) is 56.3 Å². The number of Topliss-reactive ketones (excluding diaryl/α,β-unsaturated/α-hetero) is 1. The van der Waals surface area contributed by atoms with Crippen LogP contribution in [0.1, 0.15) is 49.0 Å². The van der Waals surface area contributed by atoms with Crippen molar-refractivity contribution < 1.29 is 9.53 Å². The Hall–Kier alpha value is -1.35. The van der Waals surface area contributed by atoms with Crippen LogP contribution < -0.4 is 10.1 Å². The third-order valence-corrected chi connectivity index (χ3v) is 5.08. The fourth-order valence-electron chi connectivity index (χ4n) is 3.57. The molecule has 1 N–H and O–H groups in total. The molecule has 1 atom stereocenters. The summed E-state index contributed by atoms with van der Waals surface area (Å²) in [6, 6.07) is 6.01. The first-order valence-electron chi connectivity index (χ1n) is 8.11. The van der Waals surface area contributed by atoms with Crippen LogP contribution in [0.3, 0.4) is 0 Å². The molecule has 1 aromatic carbocycles. The maximum atomic E-state index is 13.1. The van der Waals surface area contributed by atoms with E-state index in [4.69, 9.17) is 4.74 Å². The molecule has 0 aliphatic carbocycles. The van der Waals surface area contributed by atoms with Crippen molar-refractivity contribution in [3.05, 3.63) is 29.3 Å². The van der Waals surface area contributed by atoms with Crippen LogP contribution in [0.2, 0.25) is 0 Å². The number of fused-ring (bicyclic) bond motifs is 1. The Morgan fingerprint density at radius 2 is 2.19 bits per heavy atom. The highest BCUT2D eigenvalue weighted by Gasteiger charge is 2.39. The smallest absolute Gasteiger partial charge is 0.172 e. The van der Waals surface area contributed by atoms with Crippen LogP contribution in [-0.4, -0.2) is 25.5 Å². The molecule has 3 nitrogen and oxygen atoms in total. The number of rotatable bonds is 3. The van der Waals surface area contributed by atoms with Gasteiger partial charge in [0.2, 0.25) is 0 Å². The van der Waals surface area contributed by atoms with Crippen molar-refractivity contribution in [2.24, 2.45) is 11.3 Å². The quantitative estimate of drug-likeness (QED) is 0.868. The molecule has 2 aliphatic rings. The van der Waals surface area contributed by atoms with Crippen LogP contribution in [-0.2, 0) is 6.42 Å². The average molecular weight is 287 g/mol. The van der Waals surface area contributed by atoms with Crippen molar-refractivity contribution in [1.82, 2.24) is 5.32 Å². The number of nitrogens with one attached hydrogen (secondary N) is 1. The number of piperidine rings is 1. The number of ether oxygens (including phenoxy) is 1. The molecule has 3 heteroatoms. The minimum absolute atomic E-state index is 0.231. The second-order valence-corrected chi connectivity index (χ2v) is 6.84. The lowest BCUT2D eigenvalue weighted by Gasteiger charge is -2.36. The van der Waals surface area contributed by atoms with Crippen LogP contribution in [0.5, 0.6) is 5.75 Å². The summed E-state index contributed by atoms with van der Waals surface area (Å²) in [5.41, 5.74) is 1.62. The summed E-state index contributed by atoms with van der Waals surface area (Å²) in [6.45, 7) is 6.92. The molecule has 0 radical (unpaired) electrons. The molecule has 1 fully saturated rings. The van der Waals surface area contributed by atoms with Crippen LogP contribution in [0.25, 0.3) is 0 Å². The highest BCUT2D eigenvalue weighted by Crippen LogP contribution is 2.39. The predicted octanol–water partition coefficient (Wildman–Crippen LogP) is 3.22. The van der Waals surface area contributed by atoms with Crippen LogP contribution in [0, 0.1) is 11.3 Å². The van der Waals surface area contributed by atoms with Gasteiger partial charge in [0.25, 0.3) is 0 Å². The standard InChI is InChI=1S/C18H25NO2/c1-18(2,14-8-4-10-19-12-14)17(20)15-9-3-6-13-7-5-11-21-16(13)15/h3,6,9,14,19H,4-5,7-8,10-12H2,1-2H3. The van der Waals surface area contributed by atoms with Gasteiger partial charge in [0.05, 0.1) is 12.2 Å². The number of para-hydroxylation sites is 1. The van der Waals surface area contributed by atoms with Gasteiger partial charge in [-0.15, -0.1) is 0 Å². The van der Waals surface area contributed by atoms with Gasteiger partial charge >= 0.3 is 0 Å². The van der Waals surface area contributed by atoms with Crippen LogP contribution in [0.4, 0.5) is 0 Å². The lowest BCUT2D eigenvalue weighted by molar-refractivity contribution is 0.0703. The highest BCUT2D eigenvalue weighted by molar-refractivity contribution is 6.03. The minimum Gasteiger partial charge on any atom is -0.493 e. The fraction of sp³-hybridized carbons (Fsp3) is 0.611. The number of hydrogen-bond acceptors (Lipinski definition) is 3. The number of aryl methyl sites for hydroxylation is 1. The van der Waals surface area contributed by atoms with Crippen LogP contribution >= 0.6 is 0 Å². The number of carbonyl (C=O) groups is 1. The van der Waals surface area contributed by atoms with Gasteiger partial charge in [-0.25, -0.2) is 0 Å². The average Bonchev–Trinajstić information content (AvgIpc) is 2.54. The molecule has 1 saturated heterocycles. The first-order valence-corrected chi connectivity index (χ1v) is 8.11. The van der Waals surface area contributed by atoms with Gasteiger partial charge in [0, 0.05) is 5.41 Å². The predicted molar refractivity (Wildman–Crippen MR) is 84.0 cm³/mol. The van der Waals surface area contributed by atoms with Crippen molar-refractivity contribution in [1.29, 1.82) is 0 Å². The van der Waals surface area contributed by atoms with E-state index in [0.29, 0.717) is 5.92 Å². The Morgan fingerprint density at radius 3 is 2.95 bits per heavy atom. The summed E-state index contributed by atoms with van der Waals surface area (Å²) in [5, 5.41) is 3.43. The summed E-state index contributed by atoms with van der Waals surface area (Å²) < 4.78 is 5.82. The zero-order valence-corrected chi connectivity index (χ0v) is 13.1. The van der Waals surface area contributed by atoms with E-state index in [9.17, 15) is 4.79 Å². The molecule has 114 valence electrons. The van der Waals surface area contributed by atoms with E-state index in [-0.39, 0.29) is 11.2 Å². The summed E-state index contributed by atoms with van der Waals surface area (Å²) in [5.74, 6) is 1.47. The molecular formula is C18H25NO2. The lowest BCUT2D eigenvalue weighted by Crippen LogP contribution is -2.42. The summed E-state index contributed by atoms with van der Waals surface area (Å²) >= 11 is 0. The van der Waals surface area contributed by atoms with Gasteiger partial charge in [0.15, 0.2) is 5.78 Å². The number of ketones is 1. The first kappa shape index (κ1) is 14.6. The molecule has 0 saturated carbocycles. The largest absolute Gasteiger partial charge is 0.493 e. The van der Waals surface area contributed by atoms with E-state index >= 15 is 0 Å². The third-order valence-electron chi connectivity index (χ3n) is 5.08. The van der Waals surface area contributed by atoms with E-state index in [1.165, 1.54) is 5.56 Å². The normalized spacial score (nSPS) is 22.3. The van der Waals surface area contributed by atoms with E-state index in [1.54, 1.807) is 0 Å². The molecule has 0 bridgehead atoms. The van der Waals surface area contributed by atoms with Gasteiger partial charge in [-0.2, -0.15) is 0 Å². The first-order chi connectivity index (χ1) is 10.1. The summed E-state index contributed by atoms with van der Waals surface area (Å²) in [7, 11) is 0. The van der Waals surface area contributed by atoms with Gasteiger partial charge in [-0.1, -0.05) is 26.0 Å². The Balaban J connectivity index is 1.90. The van der Waals surface area contributed by atoms with Gasteiger partial charge < -0.3 is 10.1 Å². The molecule has 3 rings (SSSR count). The topological polar surface area (TPSA) is 38.3 Å². The van der Waals surface area contributed by atoms with E-state index in [0.717, 1.165) is 56.7 Å². The second-order valence-electron chi connectivity index (χ2n) is 6.84. The fourth-order valence-corrected chi connectivity index (χ4v) is 3.57. The molecule has 1 unspecified atom stereocenters. The summed E-state index contributed by atoms with van der Waals surface area (Å²) in [4.78, 5) is 13.1. The lowest BCUT2D eigenvalue weighted by atomic mass is 9.70. The SMILES string of the molecule is CC(C)(C(=O)c1cccc2c1OCCC2)C1CCCNC1. The zero-order chi connectivity index (χ0) is 14.9. The maximum absolute atomic E-state index is 13.1.